The molecule has 0 aliphatic rings. The maximum absolute atomic E-state index is 6.39. The fourth-order valence-corrected chi connectivity index (χ4v) is 8.42. The number of aromatic nitrogens is 2. The summed E-state index contributed by atoms with van der Waals surface area (Å²) in [4.78, 5) is 4.88. The van der Waals surface area contributed by atoms with Crippen LogP contribution in [0.4, 0.5) is 0 Å². The molecule has 0 saturated carbocycles. The second-order valence-corrected chi connectivity index (χ2v) is 14.3. The molecule has 0 aliphatic heterocycles. The molecule has 0 fully saturated rings. The highest BCUT2D eigenvalue weighted by Crippen LogP contribution is 2.40. The summed E-state index contributed by atoms with van der Waals surface area (Å²) in [6.07, 6.45) is 0. The first-order chi connectivity index (χ1) is 27.8. The van der Waals surface area contributed by atoms with Gasteiger partial charge >= 0.3 is 0 Å². The topological polar surface area (TPSA) is 31.0 Å². The summed E-state index contributed by atoms with van der Waals surface area (Å²) in [5.41, 5.74) is 15.5. The van der Waals surface area contributed by atoms with E-state index in [1.807, 2.05) is 0 Å². The number of nitrogens with zero attached hydrogens (tertiary/aromatic N) is 2. The number of oxazole rings is 1. The van der Waals surface area contributed by atoms with Crippen LogP contribution < -0.4 is 0 Å². The lowest BCUT2D eigenvalue weighted by Crippen LogP contribution is -1.94. The molecule has 0 aliphatic carbocycles. The van der Waals surface area contributed by atoms with Gasteiger partial charge in [0.25, 0.3) is 0 Å². The first-order valence-corrected chi connectivity index (χ1v) is 19.0. The fraction of sp³-hybridized carbons (Fsp3) is 0. The van der Waals surface area contributed by atoms with Crippen molar-refractivity contribution in [2.75, 3.05) is 0 Å². The molecule has 0 N–H and O–H groups in total. The van der Waals surface area contributed by atoms with Crippen molar-refractivity contribution in [3.63, 3.8) is 0 Å². The Morgan fingerprint density at radius 1 is 0.357 bits per heavy atom. The average molecular weight is 715 g/mol. The Bertz CT molecular complexity index is 3180. The van der Waals surface area contributed by atoms with Crippen molar-refractivity contribution < 1.29 is 4.42 Å². The molecule has 9 aromatic carbocycles. The van der Waals surface area contributed by atoms with Crippen molar-refractivity contribution in [1.82, 2.24) is 9.55 Å². The van der Waals surface area contributed by atoms with Gasteiger partial charge in [0.05, 0.1) is 11.0 Å². The number of para-hydroxylation sites is 2. The molecule has 11 aromatic rings. The minimum atomic E-state index is 0.615. The Morgan fingerprint density at radius 3 is 1.50 bits per heavy atom. The summed E-state index contributed by atoms with van der Waals surface area (Å²) in [6, 6.07) is 73.5. The predicted molar refractivity (Wildman–Crippen MR) is 233 cm³/mol. The molecule has 0 spiro atoms. The highest BCUT2D eigenvalue weighted by atomic mass is 16.3. The Morgan fingerprint density at radius 2 is 0.839 bits per heavy atom. The molecule has 0 atom stereocenters. The Labute approximate surface area is 324 Å². The Balaban J connectivity index is 0.917. The maximum atomic E-state index is 6.39. The van der Waals surface area contributed by atoms with Crippen molar-refractivity contribution in [2.45, 2.75) is 0 Å². The van der Waals surface area contributed by atoms with Crippen LogP contribution in [0.5, 0.6) is 0 Å². The van der Waals surface area contributed by atoms with Gasteiger partial charge in [-0.1, -0.05) is 158 Å². The molecule has 0 saturated heterocycles. The molecule has 3 nitrogen and oxygen atoms in total. The first-order valence-electron chi connectivity index (χ1n) is 19.0. The van der Waals surface area contributed by atoms with Gasteiger partial charge in [0.1, 0.15) is 5.52 Å². The fourth-order valence-electron chi connectivity index (χ4n) is 8.42. The van der Waals surface area contributed by atoms with E-state index in [-0.39, 0.29) is 0 Å². The van der Waals surface area contributed by atoms with E-state index in [1.54, 1.807) is 0 Å². The SMILES string of the molecule is c1ccc(-c2ccccc2-c2ccc(-n3c4ccccc4c4ccccc43)cc2)c(-c2ccc(-c3nc4ccc(-c5cccc6ccccc56)cc4o3)cc2)c1. The van der Waals surface area contributed by atoms with Crippen molar-refractivity contribution in [1.29, 1.82) is 0 Å². The quantitative estimate of drug-likeness (QED) is 0.172. The summed E-state index contributed by atoms with van der Waals surface area (Å²) >= 11 is 0. The normalized spacial score (nSPS) is 11.6. The standard InChI is InChI=1S/C53H34N2O/c1-2-14-41-35(12-1)13-11-21-44(41)39-30-33-49-52(34-39)56-53(54-49)38-26-24-36(25-27-38)42-15-3-5-17-45(42)46-18-6-4-16-43(46)37-28-31-40(32-29-37)55-50-22-9-7-19-47(50)48-20-8-10-23-51(48)55/h1-34H. The number of rotatable bonds is 6. The maximum Gasteiger partial charge on any atom is 0.227 e. The van der Waals surface area contributed by atoms with E-state index < -0.39 is 0 Å². The molecule has 262 valence electrons. The minimum Gasteiger partial charge on any atom is -0.436 e. The van der Waals surface area contributed by atoms with E-state index in [0.717, 1.165) is 33.5 Å². The van der Waals surface area contributed by atoms with Gasteiger partial charge < -0.3 is 8.98 Å². The van der Waals surface area contributed by atoms with Gasteiger partial charge in [-0.2, -0.15) is 0 Å². The van der Waals surface area contributed by atoms with Crippen LogP contribution in [0.15, 0.2) is 211 Å². The summed E-state index contributed by atoms with van der Waals surface area (Å²) in [5, 5.41) is 4.98. The summed E-state index contributed by atoms with van der Waals surface area (Å²) in [5.74, 6) is 0.615. The van der Waals surface area contributed by atoms with E-state index in [0.29, 0.717) is 5.89 Å². The van der Waals surface area contributed by atoms with E-state index >= 15 is 0 Å². The monoisotopic (exact) mass is 714 g/mol. The number of benzene rings is 9. The van der Waals surface area contributed by atoms with Crippen LogP contribution in [0.2, 0.25) is 0 Å². The summed E-state index contributed by atoms with van der Waals surface area (Å²) in [7, 11) is 0. The van der Waals surface area contributed by atoms with Crippen LogP contribution in [0.1, 0.15) is 0 Å². The van der Waals surface area contributed by atoms with Crippen LogP contribution in [0.3, 0.4) is 0 Å². The molecule has 0 amide bonds. The third kappa shape index (κ3) is 5.32. The van der Waals surface area contributed by atoms with Gasteiger partial charge in [0.2, 0.25) is 5.89 Å². The zero-order valence-electron chi connectivity index (χ0n) is 30.4. The van der Waals surface area contributed by atoms with Crippen molar-refractivity contribution in [2.24, 2.45) is 0 Å². The Hall–Kier alpha value is -7.49. The second kappa shape index (κ2) is 13.1. The highest BCUT2D eigenvalue weighted by molar-refractivity contribution is 6.09. The van der Waals surface area contributed by atoms with Gasteiger partial charge in [-0.3, -0.25) is 0 Å². The Kier molecular flexibility index (Phi) is 7.49. The molecule has 56 heavy (non-hydrogen) atoms. The number of hydrogen-bond donors (Lipinski definition) is 0. The summed E-state index contributed by atoms with van der Waals surface area (Å²) < 4.78 is 8.76. The largest absolute Gasteiger partial charge is 0.436 e. The van der Waals surface area contributed by atoms with Gasteiger partial charge in [0, 0.05) is 22.0 Å². The lowest BCUT2D eigenvalue weighted by Gasteiger charge is -2.15. The third-order valence-corrected chi connectivity index (χ3v) is 11.1. The lowest BCUT2D eigenvalue weighted by atomic mass is 9.89. The zero-order chi connectivity index (χ0) is 37.0. The number of hydrogen-bond acceptors (Lipinski definition) is 2. The smallest absolute Gasteiger partial charge is 0.227 e. The van der Waals surface area contributed by atoms with Crippen LogP contribution in [-0.4, -0.2) is 9.55 Å². The van der Waals surface area contributed by atoms with E-state index in [2.05, 4.69) is 211 Å². The molecule has 2 heterocycles. The second-order valence-electron chi connectivity index (χ2n) is 14.3. The molecule has 0 bridgehead atoms. The van der Waals surface area contributed by atoms with E-state index in [9.17, 15) is 0 Å². The molecule has 2 aromatic heterocycles. The summed E-state index contributed by atoms with van der Waals surface area (Å²) in [6.45, 7) is 0. The van der Waals surface area contributed by atoms with Crippen LogP contribution in [0.25, 0.3) is 105 Å². The van der Waals surface area contributed by atoms with E-state index in [1.165, 1.54) is 66.0 Å². The minimum absolute atomic E-state index is 0.615. The average Bonchev–Trinajstić information content (AvgIpc) is 3.86. The molecular weight excluding hydrogens is 681 g/mol. The van der Waals surface area contributed by atoms with E-state index in [4.69, 9.17) is 9.40 Å². The molecule has 11 rings (SSSR count). The van der Waals surface area contributed by atoms with Gasteiger partial charge in [-0.25, -0.2) is 4.98 Å². The number of fused-ring (bicyclic) bond motifs is 5. The van der Waals surface area contributed by atoms with Gasteiger partial charge in [-0.05, 0) is 104 Å². The first kappa shape index (κ1) is 32.0. The van der Waals surface area contributed by atoms with Crippen LogP contribution in [-0.2, 0) is 0 Å². The molecule has 0 radical (unpaired) electrons. The van der Waals surface area contributed by atoms with Crippen molar-refractivity contribution >= 4 is 43.7 Å². The zero-order valence-corrected chi connectivity index (χ0v) is 30.4. The molecular formula is C53H34N2O. The third-order valence-electron chi connectivity index (χ3n) is 11.1. The van der Waals surface area contributed by atoms with Crippen molar-refractivity contribution in [3.05, 3.63) is 206 Å². The van der Waals surface area contributed by atoms with Crippen LogP contribution in [0, 0.1) is 0 Å². The predicted octanol–water partition coefficient (Wildman–Crippen LogP) is 14.4. The van der Waals surface area contributed by atoms with Crippen LogP contribution >= 0.6 is 0 Å². The highest BCUT2D eigenvalue weighted by Gasteiger charge is 2.16. The lowest BCUT2D eigenvalue weighted by molar-refractivity contribution is 0.620. The molecule has 3 heteroatoms. The van der Waals surface area contributed by atoms with Crippen molar-refractivity contribution in [3.8, 4) is 61.6 Å². The molecule has 0 unspecified atom stereocenters. The van der Waals surface area contributed by atoms with Gasteiger partial charge in [0.15, 0.2) is 5.58 Å². The van der Waals surface area contributed by atoms with Gasteiger partial charge in [-0.15, -0.1) is 0 Å².